The summed E-state index contributed by atoms with van der Waals surface area (Å²) in [7, 11) is 0. The number of fused-ring (bicyclic) bond motifs is 1. The number of hydrogen-bond acceptors (Lipinski definition) is 0. The Balaban J connectivity index is 2.55. The van der Waals surface area contributed by atoms with Crippen LogP contribution in [0.4, 0.5) is 0 Å². The van der Waals surface area contributed by atoms with E-state index >= 15 is 0 Å². The molecule has 0 heterocycles. The van der Waals surface area contributed by atoms with Crippen LogP contribution < -0.4 is 0 Å². The van der Waals surface area contributed by atoms with E-state index in [2.05, 4.69) is 45.0 Å². The Morgan fingerprint density at radius 2 is 1.94 bits per heavy atom. The summed E-state index contributed by atoms with van der Waals surface area (Å²) >= 11 is 0. The Bertz CT molecular complexity index is 445. The van der Waals surface area contributed by atoms with Gasteiger partial charge in [0.15, 0.2) is 0 Å². The van der Waals surface area contributed by atoms with Crippen LogP contribution in [0, 0.1) is 0 Å². The van der Waals surface area contributed by atoms with Crippen LogP contribution in [0.25, 0.3) is 5.57 Å². The lowest BCUT2D eigenvalue weighted by Crippen LogP contribution is -1.98. The smallest absolute Gasteiger partial charge is 0.0399 e. The molecule has 0 saturated heterocycles. The molecule has 1 aliphatic carbocycles. The van der Waals surface area contributed by atoms with E-state index in [1.54, 1.807) is 0 Å². The van der Waals surface area contributed by atoms with E-state index in [1.807, 2.05) is 0 Å². The third-order valence-corrected chi connectivity index (χ3v) is 3.47. The molecule has 0 spiro atoms. The molecular formula is C16H22. The molecule has 1 atom stereocenters. The quantitative estimate of drug-likeness (QED) is 0.651. The maximum Gasteiger partial charge on any atom is 0.0399 e. The zero-order valence-electron chi connectivity index (χ0n) is 11.6. The van der Waals surface area contributed by atoms with Crippen molar-refractivity contribution in [3.63, 3.8) is 0 Å². The van der Waals surface area contributed by atoms with Crippen molar-refractivity contribution in [3.8, 4) is 0 Å². The van der Waals surface area contributed by atoms with E-state index in [0.717, 1.165) is 25.7 Å². The topological polar surface area (TPSA) is 0 Å². The first-order chi connectivity index (χ1) is 8.15. The summed E-state index contributed by atoms with van der Waals surface area (Å²) in [5, 5.41) is 0. The molecule has 0 radical (unpaired) electrons. The lowest BCUT2D eigenvalue weighted by molar-refractivity contribution is 0.665. The Morgan fingerprint density at radius 1 is 1.19 bits per heavy atom. The minimum atomic E-state index is -0.453. The van der Waals surface area contributed by atoms with Gasteiger partial charge in [-0.05, 0) is 36.5 Å². The van der Waals surface area contributed by atoms with E-state index in [9.17, 15) is 0 Å². The van der Waals surface area contributed by atoms with E-state index in [4.69, 9.17) is 1.37 Å². The average Bonchev–Trinajstić information content (AvgIpc) is 2.54. The standard InChI is InChI=1S/C16H22/c1-4-8-13-12(3)14-10-6-7-11-16(14)15(13)9-5-2/h6-7,10-11,15H,4-5,8-9H2,1-3H3/i15D. The Morgan fingerprint density at radius 3 is 2.62 bits per heavy atom. The largest absolute Gasteiger partial charge is 0.0653 e. The second-order valence-corrected chi connectivity index (χ2v) is 4.63. The SMILES string of the molecule is [2H]C1(CCC)C(CCC)=C(C)c2ccccc21. The highest BCUT2D eigenvalue weighted by Crippen LogP contribution is 2.45. The molecule has 0 nitrogen and oxygen atoms in total. The van der Waals surface area contributed by atoms with Gasteiger partial charge in [0.25, 0.3) is 0 Å². The Labute approximate surface area is 101 Å². The number of rotatable bonds is 4. The van der Waals surface area contributed by atoms with E-state index in [-0.39, 0.29) is 0 Å². The van der Waals surface area contributed by atoms with Crippen molar-refractivity contribution in [1.29, 1.82) is 0 Å². The van der Waals surface area contributed by atoms with Crippen molar-refractivity contribution >= 4 is 5.57 Å². The van der Waals surface area contributed by atoms with Crippen molar-refractivity contribution in [2.45, 2.75) is 52.3 Å². The molecule has 0 N–H and O–H groups in total. The second kappa shape index (κ2) is 4.86. The highest BCUT2D eigenvalue weighted by molar-refractivity contribution is 5.76. The normalized spacial score (nSPS) is 24.6. The lowest BCUT2D eigenvalue weighted by atomic mass is 9.89. The van der Waals surface area contributed by atoms with Crippen molar-refractivity contribution < 1.29 is 1.37 Å². The van der Waals surface area contributed by atoms with E-state index in [1.165, 1.54) is 22.3 Å². The lowest BCUT2D eigenvalue weighted by Gasteiger charge is -2.15. The maximum atomic E-state index is 8.90. The number of hydrogen-bond donors (Lipinski definition) is 0. The molecule has 0 saturated carbocycles. The van der Waals surface area contributed by atoms with Crippen molar-refractivity contribution in [2.75, 3.05) is 0 Å². The minimum absolute atomic E-state index is 0.453. The van der Waals surface area contributed by atoms with Crippen molar-refractivity contribution in [1.82, 2.24) is 0 Å². The fourth-order valence-corrected chi connectivity index (χ4v) is 2.75. The van der Waals surface area contributed by atoms with Crippen LogP contribution in [0.3, 0.4) is 0 Å². The highest BCUT2D eigenvalue weighted by atomic mass is 14.3. The molecule has 0 fully saturated rings. The molecule has 0 amide bonds. The van der Waals surface area contributed by atoms with Gasteiger partial charge in [0.2, 0.25) is 0 Å². The summed E-state index contributed by atoms with van der Waals surface area (Å²) in [6, 6.07) is 8.47. The molecule has 0 aliphatic heterocycles. The van der Waals surface area contributed by atoms with Crippen LogP contribution in [-0.4, -0.2) is 0 Å². The molecule has 0 aromatic heterocycles. The van der Waals surface area contributed by atoms with E-state index < -0.39 is 5.89 Å². The Kier molecular flexibility index (Phi) is 3.08. The van der Waals surface area contributed by atoms with Crippen LogP contribution in [0.2, 0.25) is 0 Å². The van der Waals surface area contributed by atoms with Gasteiger partial charge in [-0.2, -0.15) is 0 Å². The summed E-state index contributed by atoms with van der Waals surface area (Å²) in [5.41, 5.74) is 5.23. The maximum absolute atomic E-state index is 8.90. The minimum Gasteiger partial charge on any atom is -0.0653 e. The van der Waals surface area contributed by atoms with Gasteiger partial charge < -0.3 is 0 Å². The van der Waals surface area contributed by atoms with Gasteiger partial charge in [-0.25, -0.2) is 0 Å². The first-order valence-electron chi connectivity index (χ1n) is 6.95. The zero-order chi connectivity index (χ0) is 12.5. The van der Waals surface area contributed by atoms with Gasteiger partial charge in [-0.1, -0.05) is 56.5 Å². The molecule has 16 heavy (non-hydrogen) atoms. The second-order valence-electron chi connectivity index (χ2n) is 4.63. The van der Waals surface area contributed by atoms with E-state index in [0.29, 0.717) is 0 Å². The fourth-order valence-electron chi connectivity index (χ4n) is 2.75. The molecular weight excluding hydrogens is 192 g/mol. The van der Waals surface area contributed by atoms with Gasteiger partial charge in [0.05, 0.1) is 0 Å². The number of benzene rings is 1. The molecule has 2 rings (SSSR count). The van der Waals surface area contributed by atoms with Crippen LogP contribution in [0.1, 0.15) is 64.8 Å². The molecule has 1 aliphatic rings. The van der Waals surface area contributed by atoms with Gasteiger partial charge in [0.1, 0.15) is 0 Å². The first kappa shape index (κ1) is 10.1. The highest BCUT2D eigenvalue weighted by Gasteiger charge is 2.26. The predicted octanol–water partition coefficient (Wildman–Crippen LogP) is 5.16. The molecule has 86 valence electrons. The molecule has 1 aromatic rings. The predicted molar refractivity (Wildman–Crippen MR) is 71.6 cm³/mol. The third-order valence-electron chi connectivity index (χ3n) is 3.47. The fraction of sp³-hybridized carbons (Fsp3) is 0.500. The summed E-state index contributed by atoms with van der Waals surface area (Å²) < 4.78 is 8.90. The van der Waals surface area contributed by atoms with Crippen molar-refractivity contribution in [3.05, 3.63) is 41.0 Å². The van der Waals surface area contributed by atoms with Gasteiger partial charge in [0, 0.05) is 7.26 Å². The molecule has 0 bridgehead atoms. The summed E-state index contributed by atoms with van der Waals surface area (Å²) in [4.78, 5) is 0. The molecule has 1 unspecified atom stereocenters. The van der Waals surface area contributed by atoms with Crippen LogP contribution >= 0.6 is 0 Å². The monoisotopic (exact) mass is 215 g/mol. The number of allylic oxidation sites excluding steroid dienone is 2. The van der Waals surface area contributed by atoms with Gasteiger partial charge >= 0.3 is 0 Å². The summed E-state index contributed by atoms with van der Waals surface area (Å²) in [6.07, 6.45) is 4.20. The summed E-state index contributed by atoms with van der Waals surface area (Å²) in [5.74, 6) is -0.453. The van der Waals surface area contributed by atoms with Gasteiger partial charge in [-0.15, -0.1) is 0 Å². The summed E-state index contributed by atoms with van der Waals surface area (Å²) in [6.45, 7) is 6.57. The van der Waals surface area contributed by atoms with Crippen LogP contribution in [0.15, 0.2) is 29.8 Å². The Hall–Kier alpha value is -1.04. The molecule has 1 aromatic carbocycles. The molecule has 0 heteroatoms. The third kappa shape index (κ3) is 1.81. The van der Waals surface area contributed by atoms with Crippen molar-refractivity contribution in [2.24, 2.45) is 0 Å². The first-order valence-corrected chi connectivity index (χ1v) is 6.45. The van der Waals surface area contributed by atoms with Crippen LogP contribution in [-0.2, 0) is 0 Å². The average molecular weight is 215 g/mol. The van der Waals surface area contributed by atoms with Crippen LogP contribution in [0.5, 0.6) is 0 Å². The van der Waals surface area contributed by atoms with Gasteiger partial charge in [-0.3, -0.25) is 0 Å². The zero-order valence-corrected chi connectivity index (χ0v) is 10.6.